The Morgan fingerprint density at radius 2 is 1.68 bits per heavy atom. The van der Waals surface area contributed by atoms with Crippen molar-refractivity contribution >= 4 is 22.7 Å². The van der Waals surface area contributed by atoms with Gasteiger partial charge < -0.3 is 15.5 Å². The van der Waals surface area contributed by atoms with Gasteiger partial charge in [0.2, 0.25) is 5.95 Å². The summed E-state index contributed by atoms with van der Waals surface area (Å²) in [6, 6.07) is 13.3. The van der Waals surface area contributed by atoms with Crippen LogP contribution >= 0.6 is 0 Å². The Bertz CT molecular complexity index is 1480. The number of rotatable bonds is 5. The van der Waals surface area contributed by atoms with E-state index in [1.54, 1.807) is 18.7 Å². The molecule has 0 saturated heterocycles. The average molecular weight is 455 g/mol. The molecule has 0 spiro atoms. The molecule has 3 N–H and O–H groups in total. The number of nitrogens with two attached hydrogens (primary N) is 1. The molecule has 0 aliphatic rings. The summed E-state index contributed by atoms with van der Waals surface area (Å²) in [7, 11) is 0. The van der Waals surface area contributed by atoms with E-state index < -0.39 is 5.82 Å². The molecule has 2 aromatic carbocycles. The molecule has 34 heavy (non-hydrogen) atoms. The van der Waals surface area contributed by atoms with E-state index in [4.69, 9.17) is 10.2 Å². The van der Waals surface area contributed by atoms with Gasteiger partial charge in [-0.3, -0.25) is 0 Å². The van der Waals surface area contributed by atoms with Gasteiger partial charge in [0.15, 0.2) is 11.4 Å². The zero-order valence-electron chi connectivity index (χ0n) is 19.0. The molecule has 5 aromatic rings. The fourth-order valence-corrected chi connectivity index (χ4v) is 3.91. The van der Waals surface area contributed by atoms with Gasteiger partial charge in [0.25, 0.3) is 0 Å². The summed E-state index contributed by atoms with van der Waals surface area (Å²) in [5.74, 6) is 1.09. The number of hydrogen-bond acceptors (Lipinski definition) is 7. The third kappa shape index (κ3) is 4.17. The molecule has 0 saturated carbocycles. The molecular weight excluding hydrogens is 431 g/mol. The average Bonchev–Trinajstić information content (AvgIpc) is 3.20. The Morgan fingerprint density at radius 3 is 2.41 bits per heavy atom. The van der Waals surface area contributed by atoms with E-state index in [9.17, 15) is 4.39 Å². The predicted molar refractivity (Wildman–Crippen MR) is 131 cm³/mol. The summed E-state index contributed by atoms with van der Waals surface area (Å²) >= 11 is 0. The van der Waals surface area contributed by atoms with Gasteiger partial charge in [-0.1, -0.05) is 24.3 Å². The van der Waals surface area contributed by atoms with Crippen LogP contribution in [0.5, 0.6) is 0 Å². The monoisotopic (exact) mass is 454 g/mol. The van der Waals surface area contributed by atoms with Crippen molar-refractivity contribution in [3.8, 4) is 22.4 Å². The molecule has 0 radical (unpaired) electrons. The second kappa shape index (κ2) is 8.55. The van der Waals surface area contributed by atoms with Crippen LogP contribution in [0.2, 0.25) is 0 Å². The molecule has 0 aliphatic heterocycles. The van der Waals surface area contributed by atoms with Gasteiger partial charge in [-0.05, 0) is 49.6 Å². The first kappa shape index (κ1) is 21.5. The predicted octanol–water partition coefficient (Wildman–Crippen LogP) is 5.86. The van der Waals surface area contributed by atoms with Gasteiger partial charge in [-0.15, -0.1) is 0 Å². The molecule has 0 aliphatic carbocycles. The lowest BCUT2D eigenvalue weighted by Gasteiger charge is -2.16. The van der Waals surface area contributed by atoms with Crippen LogP contribution in [0.4, 0.5) is 16.2 Å². The van der Waals surface area contributed by atoms with E-state index in [0.29, 0.717) is 22.9 Å². The second-order valence-corrected chi connectivity index (χ2v) is 8.26. The zero-order chi connectivity index (χ0) is 23.8. The highest BCUT2D eigenvalue weighted by Gasteiger charge is 2.14. The third-order valence-corrected chi connectivity index (χ3v) is 5.74. The van der Waals surface area contributed by atoms with Crippen LogP contribution in [-0.4, -0.2) is 19.9 Å². The van der Waals surface area contributed by atoms with Crippen LogP contribution in [0.3, 0.4) is 0 Å². The van der Waals surface area contributed by atoms with Gasteiger partial charge in [0.1, 0.15) is 11.6 Å². The van der Waals surface area contributed by atoms with Crippen molar-refractivity contribution in [3.05, 3.63) is 83.9 Å². The molecule has 170 valence electrons. The summed E-state index contributed by atoms with van der Waals surface area (Å²) in [6.45, 7) is 5.76. The van der Waals surface area contributed by atoms with Crippen LogP contribution in [-0.2, 0) is 0 Å². The largest absolute Gasteiger partial charge is 0.461 e. The van der Waals surface area contributed by atoms with E-state index in [2.05, 4.69) is 32.2 Å². The number of fused-ring (bicyclic) bond motifs is 1. The number of anilines is 2. The molecule has 3 heterocycles. The first-order valence-corrected chi connectivity index (χ1v) is 10.8. The molecular formula is C26H23FN6O. The van der Waals surface area contributed by atoms with Crippen molar-refractivity contribution in [1.82, 2.24) is 19.9 Å². The van der Waals surface area contributed by atoms with Gasteiger partial charge in [-0.2, -0.15) is 0 Å². The zero-order valence-corrected chi connectivity index (χ0v) is 19.0. The highest BCUT2D eigenvalue weighted by Crippen LogP contribution is 2.31. The van der Waals surface area contributed by atoms with Crippen molar-refractivity contribution in [1.29, 1.82) is 0 Å². The summed E-state index contributed by atoms with van der Waals surface area (Å²) in [4.78, 5) is 17.1. The number of nitrogen functional groups attached to an aromatic ring is 1. The normalized spacial score (nSPS) is 12.1. The molecule has 0 amide bonds. The SMILES string of the molecule is Cc1nc(N[C@@H](C)c2ccc(-c3cnc(N)nc3)cc2)cc(-c2cc(F)c3occ(C)c3c2)n1. The second-order valence-electron chi connectivity index (χ2n) is 8.26. The minimum Gasteiger partial charge on any atom is -0.461 e. The van der Waals surface area contributed by atoms with Gasteiger partial charge in [0, 0.05) is 41.0 Å². The Hall–Kier alpha value is -4.33. The van der Waals surface area contributed by atoms with Crippen molar-refractivity contribution in [3.63, 3.8) is 0 Å². The quantitative estimate of drug-likeness (QED) is 0.343. The summed E-state index contributed by atoms with van der Waals surface area (Å²) in [5.41, 5.74) is 11.0. The number of aryl methyl sites for hydroxylation is 2. The van der Waals surface area contributed by atoms with Gasteiger partial charge >= 0.3 is 0 Å². The number of benzene rings is 2. The Labute approximate surface area is 195 Å². The van der Waals surface area contributed by atoms with Crippen molar-refractivity contribution in [2.75, 3.05) is 11.1 Å². The Balaban J connectivity index is 1.40. The molecule has 0 bridgehead atoms. The number of furan rings is 1. The van der Waals surface area contributed by atoms with Crippen LogP contribution in [0.15, 0.2) is 65.5 Å². The smallest absolute Gasteiger partial charge is 0.219 e. The van der Waals surface area contributed by atoms with Gasteiger partial charge in [0.05, 0.1) is 12.0 Å². The summed E-state index contributed by atoms with van der Waals surface area (Å²) in [5, 5.41) is 4.17. The molecule has 0 fully saturated rings. The minimum atomic E-state index is -0.411. The van der Waals surface area contributed by atoms with Crippen LogP contribution in [0, 0.1) is 19.7 Å². The van der Waals surface area contributed by atoms with Crippen molar-refractivity contribution in [2.45, 2.75) is 26.8 Å². The van der Waals surface area contributed by atoms with Crippen LogP contribution < -0.4 is 11.1 Å². The molecule has 3 aromatic heterocycles. The van der Waals surface area contributed by atoms with E-state index in [0.717, 1.165) is 27.6 Å². The van der Waals surface area contributed by atoms with Crippen LogP contribution in [0.25, 0.3) is 33.4 Å². The summed E-state index contributed by atoms with van der Waals surface area (Å²) < 4.78 is 19.9. The fourth-order valence-electron chi connectivity index (χ4n) is 3.91. The van der Waals surface area contributed by atoms with Crippen molar-refractivity contribution in [2.24, 2.45) is 0 Å². The number of halogens is 1. The molecule has 7 nitrogen and oxygen atoms in total. The number of hydrogen-bond donors (Lipinski definition) is 2. The van der Waals surface area contributed by atoms with Crippen LogP contribution in [0.1, 0.15) is 29.9 Å². The van der Waals surface area contributed by atoms with E-state index >= 15 is 0 Å². The molecule has 0 unspecified atom stereocenters. The standard InChI is InChI=1S/C26H23FN6O/c1-14-13-34-25-21(14)8-19(9-22(25)27)23-10-24(33-16(3)32-23)31-15(2)17-4-6-18(7-5-17)20-11-29-26(28)30-12-20/h4-13,15H,1-3H3,(H2,28,29,30)(H,31,32,33)/t15-/m0/s1. The first-order chi connectivity index (χ1) is 16.4. The lowest BCUT2D eigenvalue weighted by atomic mass is 10.0. The van der Waals surface area contributed by atoms with E-state index in [1.165, 1.54) is 6.07 Å². The maximum atomic E-state index is 14.6. The topological polar surface area (TPSA) is 103 Å². The highest BCUT2D eigenvalue weighted by molar-refractivity contribution is 5.86. The molecule has 1 atom stereocenters. The third-order valence-electron chi connectivity index (χ3n) is 5.74. The maximum Gasteiger partial charge on any atom is 0.219 e. The van der Waals surface area contributed by atoms with Gasteiger partial charge in [-0.25, -0.2) is 24.3 Å². The lowest BCUT2D eigenvalue weighted by Crippen LogP contribution is -2.09. The number of nitrogens with one attached hydrogen (secondary N) is 1. The van der Waals surface area contributed by atoms with Crippen molar-refractivity contribution < 1.29 is 8.81 Å². The van der Waals surface area contributed by atoms with E-state index in [-0.39, 0.29) is 17.6 Å². The molecule has 8 heteroatoms. The Kier molecular flexibility index (Phi) is 5.41. The van der Waals surface area contributed by atoms with E-state index in [1.807, 2.05) is 50.2 Å². The minimum absolute atomic E-state index is 0.0193. The summed E-state index contributed by atoms with van der Waals surface area (Å²) in [6.07, 6.45) is 4.97. The first-order valence-electron chi connectivity index (χ1n) is 10.8. The number of aromatic nitrogens is 4. The number of nitrogens with zero attached hydrogens (tertiary/aromatic N) is 4. The lowest BCUT2D eigenvalue weighted by molar-refractivity contribution is 0.559. The fraction of sp³-hybridized carbons (Fsp3) is 0.154. The Morgan fingerprint density at radius 1 is 0.941 bits per heavy atom. The highest BCUT2D eigenvalue weighted by atomic mass is 19.1. The maximum absolute atomic E-state index is 14.6. The molecule has 5 rings (SSSR count).